The first-order chi connectivity index (χ1) is 16.5. The van der Waals surface area contributed by atoms with Gasteiger partial charge in [-0.1, -0.05) is 0 Å². The minimum atomic E-state index is -0.880. The van der Waals surface area contributed by atoms with Crippen LogP contribution in [0.2, 0.25) is 0 Å². The Labute approximate surface area is 197 Å². The average molecular weight is 469 g/mol. The predicted octanol–water partition coefficient (Wildman–Crippen LogP) is 2.93. The van der Waals surface area contributed by atoms with Crippen LogP contribution in [0.25, 0.3) is 5.76 Å². The Morgan fingerprint density at radius 2 is 1.79 bits per heavy atom. The van der Waals surface area contributed by atoms with Crippen molar-refractivity contribution < 1.29 is 38.4 Å². The molecule has 0 aliphatic carbocycles. The first kappa shape index (κ1) is 23.4. The molecule has 1 unspecified atom stereocenters. The Hall–Kier alpha value is -3.72. The number of ether oxygens (including phenoxy) is 5. The summed E-state index contributed by atoms with van der Waals surface area (Å²) < 4.78 is 27.2. The van der Waals surface area contributed by atoms with Gasteiger partial charge in [0, 0.05) is 31.4 Å². The molecule has 180 valence electrons. The maximum atomic E-state index is 13.2. The minimum Gasteiger partial charge on any atom is -0.507 e. The molecule has 2 aliphatic rings. The molecular weight excluding hydrogens is 442 g/mol. The SMILES string of the molecule is COCCCN1C(=O)C(=O)C(=C(O)c2ccc3c(c2)OCCO3)C1c1cc(OC)ccc1OC. The van der Waals surface area contributed by atoms with Gasteiger partial charge in [0.05, 0.1) is 25.8 Å². The largest absolute Gasteiger partial charge is 0.507 e. The van der Waals surface area contributed by atoms with E-state index in [9.17, 15) is 14.7 Å². The summed E-state index contributed by atoms with van der Waals surface area (Å²) in [5.41, 5.74) is 0.828. The van der Waals surface area contributed by atoms with Crippen molar-refractivity contribution in [1.29, 1.82) is 0 Å². The third kappa shape index (κ3) is 4.26. The molecule has 2 heterocycles. The summed E-state index contributed by atoms with van der Waals surface area (Å²) in [6, 6.07) is 9.14. The van der Waals surface area contributed by atoms with Crippen LogP contribution in [-0.2, 0) is 14.3 Å². The highest BCUT2D eigenvalue weighted by atomic mass is 16.6. The fraction of sp³-hybridized carbons (Fsp3) is 0.360. The first-order valence-electron chi connectivity index (χ1n) is 10.9. The summed E-state index contributed by atoms with van der Waals surface area (Å²) in [7, 11) is 4.60. The molecule has 1 amide bonds. The zero-order chi connectivity index (χ0) is 24.2. The van der Waals surface area contributed by atoms with Gasteiger partial charge in [0.15, 0.2) is 11.5 Å². The summed E-state index contributed by atoms with van der Waals surface area (Å²) in [6.45, 7) is 1.47. The van der Waals surface area contributed by atoms with Gasteiger partial charge in [-0.3, -0.25) is 9.59 Å². The molecule has 0 saturated carbocycles. The molecule has 1 saturated heterocycles. The van der Waals surface area contributed by atoms with E-state index in [0.717, 1.165) is 0 Å². The number of carbonyl (C=O) groups excluding carboxylic acids is 2. The Morgan fingerprint density at radius 1 is 1.03 bits per heavy atom. The number of amides is 1. The zero-order valence-electron chi connectivity index (χ0n) is 19.3. The van der Waals surface area contributed by atoms with Crippen LogP contribution in [-0.4, -0.2) is 69.4 Å². The van der Waals surface area contributed by atoms with E-state index in [-0.39, 0.29) is 17.9 Å². The predicted molar refractivity (Wildman–Crippen MR) is 122 cm³/mol. The molecule has 0 radical (unpaired) electrons. The topological polar surface area (TPSA) is 104 Å². The summed E-state index contributed by atoms with van der Waals surface area (Å²) in [4.78, 5) is 27.7. The average Bonchev–Trinajstić information content (AvgIpc) is 3.12. The lowest BCUT2D eigenvalue weighted by molar-refractivity contribution is -0.140. The van der Waals surface area contributed by atoms with Gasteiger partial charge in [0.25, 0.3) is 11.7 Å². The monoisotopic (exact) mass is 469 g/mol. The van der Waals surface area contributed by atoms with Gasteiger partial charge in [-0.15, -0.1) is 0 Å². The van der Waals surface area contributed by atoms with Crippen molar-refractivity contribution in [3.05, 3.63) is 53.1 Å². The molecule has 2 aromatic rings. The van der Waals surface area contributed by atoms with Crippen LogP contribution in [0.4, 0.5) is 0 Å². The van der Waals surface area contributed by atoms with Gasteiger partial charge < -0.3 is 33.7 Å². The number of Topliss-reactive ketones (excluding diaryl/α,β-unsaturated/α-hetero) is 1. The third-order valence-electron chi connectivity index (χ3n) is 5.83. The number of fused-ring (bicyclic) bond motifs is 1. The van der Waals surface area contributed by atoms with Crippen molar-refractivity contribution in [1.82, 2.24) is 4.90 Å². The van der Waals surface area contributed by atoms with Gasteiger partial charge >= 0.3 is 0 Å². The molecule has 4 rings (SSSR count). The van der Waals surface area contributed by atoms with Crippen LogP contribution in [0.3, 0.4) is 0 Å². The maximum absolute atomic E-state index is 13.2. The van der Waals surface area contributed by atoms with Gasteiger partial charge in [-0.2, -0.15) is 0 Å². The van der Waals surface area contributed by atoms with Gasteiger partial charge in [0.1, 0.15) is 30.5 Å². The maximum Gasteiger partial charge on any atom is 0.295 e. The van der Waals surface area contributed by atoms with Crippen molar-refractivity contribution in [3.63, 3.8) is 0 Å². The lowest BCUT2D eigenvalue weighted by Gasteiger charge is -2.27. The quantitative estimate of drug-likeness (QED) is 0.272. The van der Waals surface area contributed by atoms with Crippen LogP contribution < -0.4 is 18.9 Å². The highest BCUT2D eigenvalue weighted by Crippen LogP contribution is 2.44. The van der Waals surface area contributed by atoms with Crippen molar-refractivity contribution in [2.45, 2.75) is 12.5 Å². The molecule has 1 atom stereocenters. The smallest absolute Gasteiger partial charge is 0.295 e. The van der Waals surface area contributed by atoms with E-state index in [0.29, 0.717) is 60.4 Å². The number of likely N-dealkylation sites (tertiary alicyclic amines) is 1. The number of carbonyl (C=O) groups is 2. The van der Waals surface area contributed by atoms with Gasteiger partial charge in [0.2, 0.25) is 0 Å². The molecule has 0 bridgehead atoms. The minimum absolute atomic E-state index is 0.0364. The van der Waals surface area contributed by atoms with E-state index >= 15 is 0 Å². The van der Waals surface area contributed by atoms with Crippen molar-refractivity contribution in [3.8, 4) is 23.0 Å². The Morgan fingerprint density at radius 3 is 2.50 bits per heavy atom. The van der Waals surface area contributed by atoms with Crippen LogP contribution >= 0.6 is 0 Å². The van der Waals surface area contributed by atoms with E-state index < -0.39 is 17.7 Å². The zero-order valence-corrected chi connectivity index (χ0v) is 19.3. The molecule has 34 heavy (non-hydrogen) atoms. The fourth-order valence-corrected chi connectivity index (χ4v) is 4.21. The highest BCUT2D eigenvalue weighted by Gasteiger charge is 2.47. The van der Waals surface area contributed by atoms with E-state index in [2.05, 4.69) is 0 Å². The van der Waals surface area contributed by atoms with E-state index in [1.54, 1.807) is 43.5 Å². The third-order valence-corrected chi connectivity index (χ3v) is 5.83. The van der Waals surface area contributed by atoms with Crippen LogP contribution in [0, 0.1) is 0 Å². The molecule has 2 aliphatic heterocycles. The molecule has 9 heteroatoms. The summed E-state index contributed by atoms with van der Waals surface area (Å²) in [5, 5.41) is 11.3. The fourth-order valence-electron chi connectivity index (χ4n) is 4.21. The molecule has 1 N–H and O–H groups in total. The van der Waals surface area contributed by atoms with Gasteiger partial charge in [-0.25, -0.2) is 0 Å². The summed E-state index contributed by atoms with van der Waals surface area (Å²) in [5.74, 6) is 0.202. The highest BCUT2D eigenvalue weighted by molar-refractivity contribution is 6.46. The molecule has 1 fully saturated rings. The summed E-state index contributed by atoms with van der Waals surface area (Å²) >= 11 is 0. The number of hydrogen-bond acceptors (Lipinski definition) is 8. The Bertz CT molecular complexity index is 1130. The standard InChI is InChI=1S/C25H27NO8/c1-30-10-4-9-26-22(17-14-16(31-2)6-8-18(17)32-3)21(24(28)25(26)29)23(27)15-5-7-19-20(13-15)34-12-11-33-19/h5-8,13-14,22,27H,4,9-12H2,1-3H3. The van der Waals surface area contributed by atoms with Crippen LogP contribution in [0.1, 0.15) is 23.6 Å². The van der Waals surface area contributed by atoms with E-state index in [1.807, 2.05) is 0 Å². The molecule has 0 spiro atoms. The lowest BCUT2D eigenvalue weighted by Crippen LogP contribution is -2.31. The van der Waals surface area contributed by atoms with Crippen molar-refractivity contribution >= 4 is 17.4 Å². The van der Waals surface area contributed by atoms with Crippen LogP contribution in [0.5, 0.6) is 23.0 Å². The van der Waals surface area contributed by atoms with Gasteiger partial charge in [-0.05, 0) is 42.8 Å². The van der Waals surface area contributed by atoms with E-state index in [1.165, 1.54) is 19.1 Å². The van der Waals surface area contributed by atoms with Crippen molar-refractivity contribution in [2.75, 3.05) is 47.7 Å². The van der Waals surface area contributed by atoms with Crippen LogP contribution in [0.15, 0.2) is 42.0 Å². The number of ketones is 1. The second-order valence-corrected chi connectivity index (χ2v) is 7.81. The molecule has 2 aromatic carbocycles. The Balaban J connectivity index is 1.87. The number of rotatable bonds is 8. The number of benzene rings is 2. The normalized spacial score (nSPS) is 18.8. The molecular formula is C25H27NO8. The molecule has 0 aromatic heterocycles. The molecule has 9 nitrogen and oxygen atoms in total. The van der Waals surface area contributed by atoms with E-state index in [4.69, 9.17) is 23.7 Å². The number of aliphatic hydroxyl groups is 1. The number of hydrogen-bond donors (Lipinski definition) is 1. The number of methoxy groups -OCH3 is 3. The second-order valence-electron chi connectivity index (χ2n) is 7.81. The van der Waals surface area contributed by atoms with Crippen molar-refractivity contribution in [2.24, 2.45) is 0 Å². The summed E-state index contributed by atoms with van der Waals surface area (Å²) in [6.07, 6.45) is 0.510. The number of nitrogens with zero attached hydrogens (tertiary/aromatic N) is 1. The first-order valence-corrected chi connectivity index (χ1v) is 10.9. The number of aliphatic hydroxyl groups excluding tert-OH is 1. The Kier molecular flexibility index (Phi) is 6.93. The lowest BCUT2D eigenvalue weighted by atomic mass is 9.94. The second kappa shape index (κ2) is 10.0.